The minimum atomic E-state index is -0.295. The van der Waals surface area contributed by atoms with Crippen LogP contribution in [0.4, 0.5) is 4.79 Å². The fraction of sp³-hybridized carbons (Fsp3) is 0.417. The van der Waals surface area contributed by atoms with Gasteiger partial charge in [-0.05, 0) is 30.7 Å². The van der Waals surface area contributed by atoms with Crippen LogP contribution in [0.2, 0.25) is 5.02 Å². The second-order valence-electron chi connectivity index (χ2n) is 4.01. The first kappa shape index (κ1) is 12.2. The van der Waals surface area contributed by atoms with E-state index in [9.17, 15) is 4.79 Å². The fourth-order valence-electron chi connectivity index (χ4n) is 1.73. The van der Waals surface area contributed by atoms with Crippen molar-refractivity contribution >= 4 is 17.7 Å². The quantitative estimate of drug-likeness (QED) is 0.834. The van der Waals surface area contributed by atoms with Gasteiger partial charge in [0.25, 0.3) is 0 Å². The number of ether oxygens (including phenoxy) is 1. The number of hydrogen-bond donors (Lipinski definition) is 1. The molecule has 17 heavy (non-hydrogen) atoms. The summed E-state index contributed by atoms with van der Waals surface area (Å²) >= 11 is 5.84. The molecule has 0 atom stereocenters. The van der Waals surface area contributed by atoms with Crippen LogP contribution in [0, 0.1) is 6.92 Å². The maximum absolute atomic E-state index is 11.8. The zero-order chi connectivity index (χ0) is 12.3. The number of nitrogens with zero attached hydrogens (tertiary/aromatic N) is 1. The lowest BCUT2D eigenvalue weighted by atomic mass is 10.2. The summed E-state index contributed by atoms with van der Waals surface area (Å²) in [5.41, 5.74) is 0.862. The van der Waals surface area contributed by atoms with Crippen LogP contribution >= 0.6 is 11.6 Å². The minimum absolute atomic E-state index is 0.295. The highest BCUT2D eigenvalue weighted by molar-refractivity contribution is 6.30. The van der Waals surface area contributed by atoms with Gasteiger partial charge in [0.05, 0.1) is 0 Å². The average Bonchev–Trinajstić information content (AvgIpc) is 2.34. The van der Waals surface area contributed by atoms with Crippen molar-refractivity contribution in [2.45, 2.75) is 6.92 Å². The van der Waals surface area contributed by atoms with Gasteiger partial charge in [0.1, 0.15) is 5.75 Å². The predicted molar refractivity (Wildman–Crippen MR) is 66.7 cm³/mol. The van der Waals surface area contributed by atoms with Gasteiger partial charge < -0.3 is 15.0 Å². The SMILES string of the molecule is Cc1cc(Cl)ccc1OC(=O)N1CCNCC1. The maximum atomic E-state index is 11.8. The van der Waals surface area contributed by atoms with E-state index in [1.54, 1.807) is 23.1 Å². The molecule has 1 amide bonds. The maximum Gasteiger partial charge on any atom is 0.415 e. The second kappa shape index (κ2) is 5.38. The van der Waals surface area contributed by atoms with Crippen LogP contribution in [0.5, 0.6) is 5.75 Å². The molecular formula is C12H15ClN2O2. The number of nitrogens with one attached hydrogen (secondary N) is 1. The van der Waals surface area contributed by atoms with E-state index in [2.05, 4.69) is 5.32 Å². The Labute approximate surface area is 106 Å². The Morgan fingerprint density at radius 1 is 1.41 bits per heavy atom. The van der Waals surface area contributed by atoms with Crippen LogP contribution in [-0.2, 0) is 0 Å². The summed E-state index contributed by atoms with van der Waals surface area (Å²) in [6.45, 7) is 4.87. The summed E-state index contributed by atoms with van der Waals surface area (Å²) in [6, 6.07) is 5.22. The van der Waals surface area contributed by atoms with Gasteiger partial charge in [-0.15, -0.1) is 0 Å². The lowest BCUT2D eigenvalue weighted by molar-refractivity contribution is 0.145. The van der Waals surface area contributed by atoms with E-state index in [4.69, 9.17) is 16.3 Å². The van der Waals surface area contributed by atoms with Gasteiger partial charge >= 0.3 is 6.09 Å². The molecule has 0 unspecified atom stereocenters. The molecule has 92 valence electrons. The number of piperazine rings is 1. The molecule has 1 heterocycles. The lowest BCUT2D eigenvalue weighted by Crippen LogP contribution is -2.47. The van der Waals surface area contributed by atoms with Gasteiger partial charge in [-0.1, -0.05) is 11.6 Å². The first-order valence-corrected chi connectivity index (χ1v) is 5.98. The summed E-state index contributed by atoms with van der Waals surface area (Å²) in [5, 5.41) is 3.83. The predicted octanol–water partition coefficient (Wildman–Crippen LogP) is 2.05. The van der Waals surface area contributed by atoms with E-state index < -0.39 is 0 Å². The Morgan fingerprint density at radius 2 is 2.12 bits per heavy atom. The number of carbonyl (C=O) groups excluding carboxylic acids is 1. The fourth-order valence-corrected chi connectivity index (χ4v) is 1.96. The topological polar surface area (TPSA) is 41.6 Å². The highest BCUT2D eigenvalue weighted by Crippen LogP contribution is 2.22. The summed E-state index contributed by atoms with van der Waals surface area (Å²) in [4.78, 5) is 13.5. The molecule has 0 radical (unpaired) electrons. The molecule has 5 heteroatoms. The Hall–Kier alpha value is -1.26. The van der Waals surface area contributed by atoms with Gasteiger partial charge in [0.2, 0.25) is 0 Å². The molecule has 0 aromatic heterocycles. The third kappa shape index (κ3) is 3.11. The Balaban J connectivity index is 2.02. The molecule has 2 rings (SSSR count). The largest absolute Gasteiger partial charge is 0.415 e. The van der Waals surface area contributed by atoms with Crippen molar-refractivity contribution < 1.29 is 9.53 Å². The van der Waals surface area contributed by atoms with Crippen molar-refractivity contribution in [3.05, 3.63) is 28.8 Å². The van der Waals surface area contributed by atoms with Crippen LogP contribution in [0.15, 0.2) is 18.2 Å². The number of amides is 1. The number of halogens is 1. The minimum Gasteiger partial charge on any atom is -0.410 e. The average molecular weight is 255 g/mol. The van der Waals surface area contributed by atoms with E-state index in [1.165, 1.54) is 0 Å². The van der Waals surface area contributed by atoms with Crippen LogP contribution < -0.4 is 10.1 Å². The molecule has 1 aliphatic rings. The third-order valence-corrected chi connectivity index (χ3v) is 2.94. The van der Waals surface area contributed by atoms with Crippen LogP contribution in [0.3, 0.4) is 0 Å². The molecule has 1 aliphatic heterocycles. The number of aryl methyl sites for hydroxylation is 1. The smallest absolute Gasteiger partial charge is 0.410 e. The molecule has 1 aromatic rings. The number of benzene rings is 1. The van der Waals surface area contributed by atoms with Crippen molar-refractivity contribution in [1.29, 1.82) is 0 Å². The zero-order valence-electron chi connectivity index (χ0n) is 9.70. The molecular weight excluding hydrogens is 240 g/mol. The molecule has 0 spiro atoms. The lowest BCUT2D eigenvalue weighted by Gasteiger charge is -2.26. The van der Waals surface area contributed by atoms with E-state index in [0.29, 0.717) is 23.9 Å². The van der Waals surface area contributed by atoms with Crippen molar-refractivity contribution in [3.8, 4) is 5.75 Å². The summed E-state index contributed by atoms with van der Waals surface area (Å²) in [5.74, 6) is 0.568. The molecule has 1 saturated heterocycles. The molecule has 1 fully saturated rings. The number of hydrogen-bond acceptors (Lipinski definition) is 3. The van der Waals surface area contributed by atoms with Gasteiger partial charge in [-0.2, -0.15) is 0 Å². The van der Waals surface area contributed by atoms with Crippen molar-refractivity contribution in [2.75, 3.05) is 26.2 Å². The number of carbonyl (C=O) groups is 1. The first-order chi connectivity index (χ1) is 8.16. The molecule has 4 nitrogen and oxygen atoms in total. The van der Waals surface area contributed by atoms with Gasteiger partial charge in [-0.3, -0.25) is 0 Å². The monoisotopic (exact) mass is 254 g/mol. The van der Waals surface area contributed by atoms with E-state index >= 15 is 0 Å². The summed E-state index contributed by atoms with van der Waals surface area (Å²) in [6.07, 6.45) is -0.295. The van der Waals surface area contributed by atoms with E-state index in [1.807, 2.05) is 6.92 Å². The third-order valence-electron chi connectivity index (χ3n) is 2.71. The highest BCUT2D eigenvalue weighted by atomic mass is 35.5. The Bertz CT molecular complexity index is 417. The normalized spacial score (nSPS) is 15.8. The Kier molecular flexibility index (Phi) is 3.86. The molecule has 0 bridgehead atoms. The first-order valence-electron chi connectivity index (χ1n) is 5.60. The van der Waals surface area contributed by atoms with Crippen molar-refractivity contribution in [3.63, 3.8) is 0 Å². The standard InChI is InChI=1S/C12H15ClN2O2/c1-9-8-10(13)2-3-11(9)17-12(16)15-6-4-14-5-7-15/h2-3,8,14H,4-7H2,1H3. The van der Waals surface area contributed by atoms with Gasteiger partial charge in [0, 0.05) is 31.2 Å². The van der Waals surface area contributed by atoms with E-state index in [-0.39, 0.29) is 6.09 Å². The highest BCUT2D eigenvalue weighted by Gasteiger charge is 2.18. The summed E-state index contributed by atoms with van der Waals surface area (Å²) < 4.78 is 5.34. The summed E-state index contributed by atoms with van der Waals surface area (Å²) in [7, 11) is 0. The van der Waals surface area contributed by atoms with Crippen molar-refractivity contribution in [1.82, 2.24) is 10.2 Å². The van der Waals surface area contributed by atoms with Crippen LogP contribution in [-0.4, -0.2) is 37.2 Å². The van der Waals surface area contributed by atoms with Gasteiger partial charge in [0.15, 0.2) is 0 Å². The van der Waals surface area contributed by atoms with E-state index in [0.717, 1.165) is 18.7 Å². The van der Waals surface area contributed by atoms with Gasteiger partial charge in [-0.25, -0.2) is 4.79 Å². The van der Waals surface area contributed by atoms with Crippen LogP contribution in [0.1, 0.15) is 5.56 Å². The van der Waals surface area contributed by atoms with Crippen LogP contribution in [0.25, 0.3) is 0 Å². The number of rotatable bonds is 1. The zero-order valence-corrected chi connectivity index (χ0v) is 10.5. The molecule has 0 saturated carbocycles. The Morgan fingerprint density at radius 3 is 2.76 bits per heavy atom. The molecule has 1 aromatic carbocycles. The second-order valence-corrected chi connectivity index (χ2v) is 4.45. The molecule has 1 N–H and O–H groups in total. The van der Waals surface area contributed by atoms with Crippen molar-refractivity contribution in [2.24, 2.45) is 0 Å². The molecule has 0 aliphatic carbocycles.